The Kier molecular flexibility index (Phi) is 12.7. The highest BCUT2D eigenvalue weighted by Gasteiger charge is 2.39. The number of hydrogen-bond acceptors (Lipinski definition) is 5. The first kappa shape index (κ1) is 40.3. The van der Waals surface area contributed by atoms with Gasteiger partial charge in [-0.3, -0.25) is 4.79 Å². The molecule has 2 aliphatic rings. The number of hydrogen-bond donors (Lipinski definition) is 2. The van der Waals surface area contributed by atoms with Crippen LogP contribution in [0.4, 0.5) is 31.1 Å². The highest BCUT2D eigenvalue weighted by molar-refractivity contribution is 6.58. The van der Waals surface area contributed by atoms with E-state index in [0.29, 0.717) is 72.1 Å². The molecule has 0 unspecified atom stereocenters. The molecule has 1 atom stereocenters. The first-order chi connectivity index (χ1) is 23.6. The maximum atomic E-state index is 13.3. The average Bonchev–Trinajstić information content (AvgIpc) is 3.41. The molecule has 2 N–H and O–H groups in total. The molecule has 0 saturated carbocycles. The zero-order valence-corrected chi connectivity index (χ0v) is 29.5. The van der Waals surface area contributed by atoms with Crippen LogP contribution in [0.2, 0.25) is 10.0 Å². The van der Waals surface area contributed by atoms with Gasteiger partial charge in [0.05, 0.1) is 11.1 Å². The van der Waals surface area contributed by atoms with Crippen molar-refractivity contribution < 1.29 is 50.7 Å². The number of benzene rings is 3. The second-order valence-electron chi connectivity index (χ2n) is 13.4. The molecule has 7 nitrogen and oxygen atoms in total. The number of alkyl halides is 6. The quantitative estimate of drug-likeness (QED) is 0.204. The summed E-state index contributed by atoms with van der Waals surface area (Å²) in [7, 11) is -1.73. The summed E-state index contributed by atoms with van der Waals surface area (Å²) in [5.41, 5.74) is -0.226. The summed E-state index contributed by atoms with van der Waals surface area (Å²) in [5, 5.41) is 17.9. The Morgan fingerprint density at radius 1 is 0.804 bits per heavy atom. The third-order valence-electron chi connectivity index (χ3n) is 8.58. The predicted octanol–water partition coefficient (Wildman–Crippen LogP) is 7.85. The number of halogens is 8. The largest absolute Gasteiger partial charge is 0.488 e. The smallest absolute Gasteiger partial charge is 0.444 e. The number of carbonyl (C=O) groups is 2. The van der Waals surface area contributed by atoms with Crippen molar-refractivity contribution in [2.24, 2.45) is 5.92 Å². The number of ether oxygens (including phenoxy) is 1. The maximum Gasteiger partial charge on any atom is 0.488 e. The summed E-state index contributed by atoms with van der Waals surface area (Å²) in [5.74, 6) is -0.203. The van der Waals surface area contributed by atoms with Crippen LogP contribution < -0.4 is 5.46 Å². The van der Waals surface area contributed by atoms with Gasteiger partial charge in [-0.15, -0.1) is 0 Å². The monoisotopic (exact) mass is 760 g/mol. The molecule has 0 bridgehead atoms. The molecular formula is C35H37BCl2F6N2O5. The van der Waals surface area contributed by atoms with Crippen LogP contribution in [0.3, 0.4) is 0 Å². The van der Waals surface area contributed by atoms with Crippen molar-refractivity contribution in [3.05, 3.63) is 87.4 Å². The van der Waals surface area contributed by atoms with Gasteiger partial charge in [0.25, 0.3) is 0 Å². The summed E-state index contributed by atoms with van der Waals surface area (Å²) < 4.78 is 80.1. The van der Waals surface area contributed by atoms with Gasteiger partial charge < -0.3 is 24.6 Å². The predicted molar refractivity (Wildman–Crippen MR) is 183 cm³/mol. The van der Waals surface area contributed by atoms with E-state index in [1.165, 1.54) is 12.1 Å². The van der Waals surface area contributed by atoms with Gasteiger partial charge in [0.2, 0.25) is 5.91 Å². The van der Waals surface area contributed by atoms with Gasteiger partial charge in [-0.05, 0) is 92.9 Å². The molecule has 51 heavy (non-hydrogen) atoms. The number of nitrogens with zero attached hydrogens (tertiary/aromatic N) is 2. The second-order valence-corrected chi connectivity index (χ2v) is 14.2. The summed E-state index contributed by atoms with van der Waals surface area (Å²) >= 11 is 13.1. The van der Waals surface area contributed by atoms with E-state index in [-0.39, 0.29) is 29.4 Å². The first-order valence-electron chi connectivity index (χ1n) is 16.1. The van der Waals surface area contributed by atoms with Crippen molar-refractivity contribution in [1.29, 1.82) is 0 Å². The van der Waals surface area contributed by atoms with Crippen molar-refractivity contribution in [2.45, 2.75) is 70.4 Å². The zero-order valence-electron chi connectivity index (χ0n) is 28.0. The molecule has 5 rings (SSSR count). The minimum absolute atomic E-state index is 0.0352. The molecule has 0 aromatic heterocycles. The number of likely N-dealkylation sites (tertiary alicyclic amines) is 2. The van der Waals surface area contributed by atoms with E-state index in [1.54, 1.807) is 17.0 Å². The topological polar surface area (TPSA) is 90.3 Å². The number of amides is 2. The molecule has 0 radical (unpaired) electrons. The standard InChI is InChI=1S/C28H31Cl2F3N2O3.C7H6BF3O2/c1-27(2,3)38-26(37)34-11-9-21(10-12-34)35-13-8-18(25(35)36)14-22-23(29)15-19(16-24(22)30)17-4-6-20(7-5-17)28(31,32)33;9-7(10,11)5-1-3-6(4-2-5)8(12)13/h4-7,15-16,18,21H,8-14H2,1-3H3;1-4,12-13H/t18-;/m0./s1. The Labute approximate surface area is 302 Å². The Bertz CT molecular complexity index is 1650. The van der Waals surface area contributed by atoms with Crippen LogP contribution in [0, 0.1) is 5.92 Å². The van der Waals surface area contributed by atoms with Gasteiger partial charge >= 0.3 is 25.6 Å². The molecular weight excluding hydrogens is 724 g/mol. The number of rotatable bonds is 5. The van der Waals surface area contributed by atoms with Crippen LogP contribution in [-0.2, 0) is 28.3 Å². The fourth-order valence-corrected chi connectivity index (χ4v) is 6.55. The lowest BCUT2D eigenvalue weighted by Gasteiger charge is -2.37. The molecule has 276 valence electrons. The minimum Gasteiger partial charge on any atom is -0.444 e. The van der Waals surface area contributed by atoms with Gasteiger partial charge in [-0.25, -0.2) is 4.79 Å². The van der Waals surface area contributed by atoms with Crippen LogP contribution in [-0.4, -0.2) is 70.2 Å². The third-order valence-corrected chi connectivity index (χ3v) is 9.26. The van der Waals surface area contributed by atoms with Crippen LogP contribution in [0.25, 0.3) is 11.1 Å². The van der Waals surface area contributed by atoms with Gasteiger partial charge in [0.1, 0.15) is 5.60 Å². The molecule has 2 heterocycles. The molecule has 2 fully saturated rings. The maximum absolute atomic E-state index is 13.3. The average molecular weight is 761 g/mol. The van der Waals surface area contributed by atoms with Crippen molar-refractivity contribution >= 4 is 47.8 Å². The fraction of sp³-hybridized carbons (Fsp3) is 0.429. The highest BCUT2D eigenvalue weighted by atomic mass is 35.5. The lowest BCUT2D eigenvalue weighted by molar-refractivity contribution is -0.138. The summed E-state index contributed by atoms with van der Waals surface area (Å²) in [6.07, 6.45) is -6.67. The van der Waals surface area contributed by atoms with Gasteiger partial charge in [-0.2, -0.15) is 26.3 Å². The van der Waals surface area contributed by atoms with E-state index in [2.05, 4.69) is 0 Å². The summed E-state index contributed by atoms with van der Waals surface area (Å²) in [4.78, 5) is 29.2. The molecule has 2 saturated heterocycles. The molecule has 0 aliphatic carbocycles. The molecule has 16 heteroatoms. The minimum atomic E-state index is -4.41. The Morgan fingerprint density at radius 2 is 1.29 bits per heavy atom. The van der Waals surface area contributed by atoms with Gasteiger partial charge in [-0.1, -0.05) is 59.6 Å². The molecule has 3 aromatic carbocycles. The third kappa shape index (κ3) is 10.8. The summed E-state index contributed by atoms with van der Waals surface area (Å²) in [6.45, 7) is 7.22. The van der Waals surface area contributed by atoms with E-state index in [4.69, 9.17) is 38.0 Å². The van der Waals surface area contributed by atoms with E-state index >= 15 is 0 Å². The molecule has 3 aromatic rings. The van der Waals surface area contributed by atoms with Crippen LogP contribution >= 0.6 is 23.2 Å². The lowest BCUT2D eigenvalue weighted by Crippen LogP contribution is -2.48. The van der Waals surface area contributed by atoms with E-state index in [9.17, 15) is 35.9 Å². The molecule has 2 aliphatic heterocycles. The van der Waals surface area contributed by atoms with Gasteiger partial charge in [0, 0.05) is 41.6 Å². The van der Waals surface area contributed by atoms with Crippen LogP contribution in [0.1, 0.15) is 56.7 Å². The van der Waals surface area contributed by atoms with Crippen LogP contribution in [0.15, 0.2) is 60.7 Å². The van der Waals surface area contributed by atoms with Crippen molar-refractivity contribution in [2.75, 3.05) is 19.6 Å². The number of carbonyl (C=O) groups excluding carboxylic acids is 2. The SMILES string of the molecule is CC(C)(C)OC(=O)N1CCC(N2CC[C@@H](Cc3c(Cl)cc(-c4ccc(C(F)(F)F)cc4)cc3Cl)C2=O)CC1.OB(O)c1ccc(C(F)(F)F)cc1. The zero-order chi connectivity index (χ0) is 37.9. The first-order valence-corrected chi connectivity index (χ1v) is 16.9. The lowest BCUT2D eigenvalue weighted by atomic mass is 9.80. The normalized spacial score (nSPS) is 17.3. The van der Waals surface area contributed by atoms with E-state index in [0.717, 1.165) is 36.4 Å². The van der Waals surface area contributed by atoms with Crippen LogP contribution in [0.5, 0.6) is 0 Å². The molecule has 0 spiro atoms. The number of piperidine rings is 1. The Hall–Kier alpha value is -3.46. The highest BCUT2D eigenvalue weighted by Crippen LogP contribution is 2.37. The van der Waals surface area contributed by atoms with Crippen molar-refractivity contribution in [1.82, 2.24) is 9.80 Å². The fourth-order valence-electron chi connectivity index (χ4n) is 5.91. The Morgan fingerprint density at radius 3 is 1.75 bits per heavy atom. The van der Waals surface area contributed by atoms with Gasteiger partial charge in [0.15, 0.2) is 0 Å². The Balaban J connectivity index is 0.000000378. The van der Waals surface area contributed by atoms with Crippen molar-refractivity contribution in [3.63, 3.8) is 0 Å². The van der Waals surface area contributed by atoms with E-state index in [1.807, 2.05) is 25.7 Å². The second kappa shape index (κ2) is 16.1. The van der Waals surface area contributed by atoms with Crippen molar-refractivity contribution in [3.8, 4) is 11.1 Å². The molecule has 2 amide bonds. The van der Waals surface area contributed by atoms with E-state index < -0.39 is 36.2 Å². The summed E-state index contributed by atoms with van der Waals surface area (Å²) in [6, 6.07) is 11.9.